The van der Waals surface area contributed by atoms with E-state index in [0.717, 1.165) is 5.69 Å². The molecule has 0 spiro atoms. The topological polar surface area (TPSA) is 305 Å². The Kier molecular flexibility index (Phi) is 26.7. The van der Waals surface area contributed by atoms with Gasteiger partial charge in [0.15, 0.2) is 17.5 Å². The smallest absolute Gasteiger partial charge is 0.332 e. The molecule has 6 N–H and O–H groups in total. The number of hydrogen-bond donors (Lipinski definition) is 6. The normalized spacial score (nSPS) is 10.6. The van der Waals surface area contributed by atoms with Gasteiger partial charge in [-0.3, -0.25) is 9.36 Å². The predicted molar refractivity (Wildman–Crippen MR) is 208 cm³/mol. The number of aliphatic hydroxyl groups excluding tert-OH is 6. The summed E-state index contributed by atoms with van der Waals surface area (Å²) in [4.78, 5) is 21.8. The van der Waals surface area contributed by atoms with Crippen LogP contribution in [0.25, 0.3) is 0 Å². The molecule has 5 rings (SSSR count). The Balaban J connectivity index is 0.000000674. The highest BCUT2D eigenvalue weighted by Gasteiger charge is 2.09. The summed E-state index contributed by atoms with van der Waals surface area (Å²) in [6, 6.07) is 2.82. The van der Waals surface area contributed by atoms with Gasteiger partial charge in [0.05, 0.1) is 31.2 Å². The summed E-state index contributed by atoms with van der Waals surface area (Å²) >= 11 is 0. The lowest BCUT2D eigenvalue weighted by atomic mass is 10.2. The largest absolute Gasteiger partial charge is 0.461 e. The number of carbonyl (C=O) groups excluding carboxylic acids is 1. The van der Waals surface area contributed by atoms with Gasteiger partial charge in [-0.15, -0.1) is 5.10 Å². The molecule has 0 aliphatic rings. The maximum absolute atomic E-state index is 10.2. The quantitative estimate of drug-likeness (QED) is 0.0985. The Labute approximate surface area is 338 Å². The molecule has 0 bridgehead atoms. The minimum absolute atomic E-state index is 0.0275. The molecule has 22 nitrogen and oxygen atoms in total. The van der Waals surface area contributed by atoms with Crippen molar-refractivity contribution in [3.05, 3.63) is 65.4 Å². The zero-order chi connectivity index (χ0) is 44.4. The van der Waals surface area contributed by atoms with Crippen molar-refractivity contribution in [2.45, 2.75) is 152 Å². The molecule has 22 heteroatoms. The van der Waals surface area contributed by atoms with E-state index >= 15 is 0 Å². The van der Waals surface area contributed by atoms with E-state index in [-0.39, 0.29) is 56.9 Å². The van der Waals surface area contributed by atoms with Crippen molar-refractivity contribution in [2.24, 2.45) is 0 Å². The molecule has 0 saturated carbocycles. The maximum Gasteiger partial charge on any atom is 0.332 e. The Hall–Kier alpha value is -5.00. The molecule has 58 heavy (non-hydrogen) atoms. The van der Waals surface area contributed by atoms with Crippen LogP contribution in [-0.4, -0.2) is 109 Å². The first-order valence-electron chi connectivity index (χ1n) is 18.7. The summed E-state index contributed by atoms with van der Waals surface area (Å²) in [5, 5.41) is 73.8. The van der Waals surface area contributed by atoms with Gasteiger partial charge in [-0.25, -0.2) is 14.5 Å². The summed E-state index contributed by atoms with van der Waals surface area (Å²) < 4.78 is 19.2. The highest BCUT2D eigenvalue weighted by atomic mass is 16.6. The standard InChI is InChI=1S/C7H12N2O.2C6H11N3O.2C6H10N2O2.C5H10O3/c1-6(2)9-4-3-7(5-10)8-9;1-5(2)9-4-7-6(3-10)8-9;1-5(2)9-3-6(4-10)7-8-9;1-4(2)6-7-5(3-9)10-8-6;1-4(2)6-7-5(3-9)8-10-6;1-4(2)8-5(7)3-6/h3-4,6,10H,5H2,1-2H3;4-5,10H,3H2,1-2H3;3,5,10H,4H2,1-2H3;2*4,9H,3H2,1-2H3;4,6H,3H2,1-2H3. The van der Waals surface area contributed by atoms with Gasteiger partial charge in [-0.2, -0.15) is 20.2 Å². The van der Waals surface area contributed by atoms with Gasteiger partial charge in [-0.1, -0.05) is 43.2 Å². The lowest BCUT2D eigenvalue weighted by molar-refractivity contribution is -0.150. The van der Waals surface area contributed by atoms with Crippen LogP contribution in [-0.2, 0) is 42.6 Å². The average Bonchev–Trinajstić information content (AvgIpc) is 4.04. The fourth-order valence-corrected chi connectivity index (χ4v) is 3.45. The van der Waals surface area contributed by atoms with Gasteiger partial charge in [-0.05, 0) is 61.5 Å². The van der Waals surface area contributed by atoms with Gasteiger partial charge >= 0.3 is 5.97 Å². The van der Waals surface area contributed by atoms with E-state index in [1.165, 1.54) is 0 Å². The van der Waals surface area contributed by atoms with Crippen molar-refractivity contribution in [3.63, 3.8) is 0 Å². The Morgan fingerprint density at radius 2 is 1.28 bits per heavy atom. The molecule has 0 radical (unpaired) electrons. The SMILES string of the molecule is CC(C)OC(=O)CO.CC(C)c1nc(CO)no1.CC(C)c1noc(CO)n1.CC(C)n1cc(CO)nn1.CC(C)n1ccc(CO)n1.CC(C)n1cnc(CO)n1. The van der Waals surface area contributed by atoms with E-state index in [1.807, 2.05) is 86.2 Å². The number of esters is 1. The van der Waals surface area contributed by atoms with E-state index < -0.39 is 12.6 Å². The first-order valence-corrected chi connectivity index (χ1v) is 18.7. The summed E-state index contributed by atoms with van der Waals surface area (Å²) in [7, 11) is 0. The first-order chi connectivity index (χ1) is 27.3. The molecule has 0 aliphatic carbocycles. The van der Waals surface area contributed by atoms with Crippen molar-refractivity contribution >= 4 is 5.97 Å². The van der Waals surface area contributed by atoms with Crippen LogP contribution in [0.2, 0.25) is 0 Å². The number of carbonyl (C=O) groups is 1. The van der Waals surface area contributed by atoms with Crippen molar-refractivity contribution in [1.29, 1.82) is 0 Å². The molecule has 0 aliphatic heterocycles. The van der Waals surface area contributed by atoms with E-state index in [0.29, 0.717) is 47.2 Å². The van der Waals surface area contributed by atoms with Crippen molar-refractivity contribution < 1.29 is 49.2 Å². The average molecular weight is 825 g/mol. The third-order valence-electron chi connectivity index (χ3n) is 6.58. The number of hydrogen-bond acceptors (Lipinski definition) is 19. The van der Waals surface area contributed by atoms with Crippen LogP contribution < -0.4 is 0 Å². The summed E-state index contributed by atoms with van der Waals surface area (Å²) in [6.07, 6.45) is 5.10. The molecule has 0 unspecified atom stereocenters. The molecular formula is C36H64N12O10. The molecule has 328 valence electrons. The van der Waals surface area contributed by atoms with E-state index in [4.69, 9.17) is 35.2 Å². The van der Waals surface area contributed by atoms with Crippen LogP contribution in [0.15, 0.2) is 33.8 Å². The summed E-state index contributed by atoms with van der Waals surface area (Å²) in [6.45, 7) is 22.5. The highest BCUT2D eigenvalue weighted by Crippen LogP contribution is 2.11. The van der Waals surface area contributed by atoms with Gasteiger partial charge in [0.25, 0.3) is 5.89 Å². The van der Waals surface area contributed by atoms with Crippen LogP contribution in [0.1, 0.15) is 154 Å². The number of nitrogens with zero attached hydrogens (tertiary/aromatic N) is 12. The van der Waals surface area contributed by atoms with Crippen LogP contribution >= 0.6 is 0 Å². The zero-order valence-electron chi connectivity index (χ0n) is 35.7. The molecule has 5 aromatic rings. The zero-order valence-corrected chi connectivity index (χ0v) is 35.7. The second-order valence-electron chi connectivity index (χ2n) is 13.8. The molecule has 0 atom stereocenters. The second-order valence-corrected chi connectivity index (χ2v) is 13.8. The third-order valence-corrected chi connectivity index (χ3v) is 6.58. The Morgan fingerprint density at radius 3 is 1.55 bits per heavy atom. The second kappa shape index (κ2) is 29.2. The third kappa shape index (κ3) is 22.1. The van der Waals surface area contributed by atoms with Crippen LogP contribution in [0.3, 0.4) is 0 Å². The van der Waals surface area contributed by atoms with Crippen LogP contribution in [0.4, 0.5) is 0 Å². The number of ether oxygens (including phenoxy) is 1. The van der Waals surface area contributed by atoms with Gasteiger partial charge in [0, 0.05) is 36.2 Å². The molecular weight excluding hydrogens is 760 g/mol. The van der Waals surface area contributed by atoms with Crippen molar-refractivity contribution in [3.8, 4) is 0 Å². The monoisotopic (exact) mass is 824 g/mol. The molecule has 5 heterocycles. The van der Waals surface area contributed by atoms with Gasteiger partial charge in [0.2, 0.25) is 5.89 Å². The Morgan fingerprint density at radius 1 is 0.672 bits per heavy atom. The molecule has 5 aromatic heterocycles. The maximum atomic E-state index is 10.2. The van der Waals surface area contributed by atoms with E-state index in [2.05, 4.69) is 55.0 Å². The first kappa shape index (κ1) is 53.0. The van der Waals surface area contributed by atoms with Crippen LogP contribution in [0, 0.1) is 0 Å². The number of aromatic nitrogens is 12. The van der Waals surface area contributed by atoms with Crippen molar-refractivity contribution in [2.75, 3.05) is 6.61 Å². The fourth-order valence-electron chi connectivity index (χ4n) is 3.45. The summed E-state index contributed by atoms with van der Waals surface area (Å²) in [5.41, 5.74) is 1.35. The van der Waals surface area contributed by atoms with Crippen molar-refractivity contribution in [1.82, 2.24) is 59.8 Å². The molecule has 0 amide bonds. The number of rotatable bonds is 12. The Bertz CT molecular complexity index is 1490. The number of aliphatic hydroxyl groups is 6. The lowest BCUT2D eigenvalue weighted by Crippen LogP contribution is -2.14. The lowest BCUT2D eigenvalue weighted by Gasteiger charge is -2.03. The summed E-state index contributed by atoms with van der Waals surface area (Å²) in [5.74, 6) is 2.24. The van der Waals surface area contributed by atoms with E-state index in [9.17, 15) is 4.79 Å². The highest BCUT2D eigenvalue weighted by molar-refractivity contribution is 5.70. The van der Waals surface area contributed by atoms with Crippen LogP contribution in [0.5, 0.6) is 0 Å². The molecule has 0 fully saturated rings. The fraction of sp³-hybridized carbons (Fsp3) is 0.667. The predicted octanol–water partition coefficient (Wildman–Crippen LogP) is 2.96. The van der Waals surface area contributed by atoms with Gasteiger partial charge in [0.1, 0.15) is 38.4 Å². The molecule has 0 aromatic carbocycles. The van der Waals surface area contributed by atoms with Gasteiger partial charge < -0.3 is 44.4 Å². The minimum Gasteiger partial charge on any atom is -0.461 e. The minimum atomic E-state index is -0.569. The molecule has 0 saturated heterocycles. The van der Waals surface area contributed by atoms with E-state index in [1.54, 1.807) is 35.7 Å².